The van der Waals surface area contributed by atoms with Crippen LogP contribution in [0.2, 0.25) is 0 Å². The van der Waals surface area contributed by atoms with E-state index in [0.29, 0.717) is 17.7 Å². The molecule has 0 aliphatic carbocycles. The van der Waals surface area contributed by atoms with Crippen molar-refractivity contribution < 1.29 is 14.5 Å². The summed E-state index contributed by atoms with van der Waals surface area (Å²) in [6, 6.07) is 12.9. The van der Waals surface area contributed by atoms with Gasteiger partial charge in [-0.2, -0.15) is 0 Å². The summed E-state index contributed by atoms with van der Waals surface area (Å²) in [5, 5.41) is 13.6. The van der Waals surface area contributed by atoms with Crippen molar-refractivity contribution >= 4 is 17.5 Å². The molecule has 0 fully saturated rings. The number of benzene rings is 2. The van der Waals surface area contributed by atoms with E-state index in [4.69, 9.17) is 0 Å². The molecule has 0 aromatic heterocycles. The van der Waals surface area contributed by atoms with Crippen LogP contribution in [0, 0.1) is 10.1 Å². The average Bonchev–Trinajstić information content (AvgIpc) is 2.65. The van der Waals surface area contributed by atoms with Crippen molar-refractivity contribution in [2.24, 2.45) is 0 Å². The van der Waals surface area contributed by atoms with E-state index < -0.39 is 4.92 Å². The molecule has 0 saturated heterocycles. The molecule has 0 aliphatic rings. The second kappa shape index (κ2) is 8.24. The van der Waals surface area contributed by atoms with Crippen molar-refractivity contribution in [3.63, 3.8) is 0 Å². The fourth-order valence-electron chi connectivity index (χ4n) is 2.49. The summed E-state index contributed by atoms with van der Waals surface area (Å²) in [5.74, 6) is -0.300. The summed E-state index contributed by atoms with van der Waals surface area (Å²) in [4.78, 5) is 35.6. The van der Waals surface area contributed by atoms with Crippen LogP contribution in [0.15, 0.2) is 48.5 Å². The molecule has 7 nitrogen and oxygen atoms in total. The smallest absolute Gasteiger partial charge is 0.269 e. The first-order valence-corrected chi connectivity index (χ1v) is 8.14. The Balaban J connectivity index is 2.12. The maximum Gasteiger partial charge on any atom is 0.269 e. The molecular formula is C19H21N3O4. The van der Waals surface area contributed by atoms with Gasteiger partial charge in [-0.3, -0.25) is 19.7 Å². The topological polar surface area (TPSA) is 92.6 Å². The molecule has 2 aromatic carbocycles. The molecule has 1 N–H and O–H groups in total. The van der Waals surface area contributed by atoms with Crippen molar-refractivity contribution in [2.45, 2.75) is 26.4 Å². The lowest BCUT2D eigenvalue weighted by Gasteiger charge is -2.25. The molecule has 2 rings (SSSR count). The lowest BCUT2D eigenvalue weighted by molar-refractivity contribution is -0.384. The zero-order valence-electron chi connectivity index (χ0n) is 14.9. The van der Waals surface area contributed by atoms with Gasteiger partial charge in [0.05, 0.1) is 11.0 Å². The highest BCUT2D eigenvalue weighted by molar-refractivity contribution is 5.94. The van der Waals surface area contributed by atoms with Crippen molar-refractivity contribution in [1.29, 1.82) is 0 Å². The number of non-ortho nitro benzene ring substituents is 1. The van der Waals surface area contributed by atoms with Crippen LogP contribution in [0.4, 0.5) is 5.69 Å². The van der Waals surface area contributed by atoms with Gasteiger partial charge in [-0.15, -0.1) is 0 Å². The molecule has 0 bridgehead atoms. The molecule has 0 aliphatic heterocycles. The number of nitro groups is 1. The van der Waals surface area contributed by atoms with Crippen molar-refractivity contribution in [3.8, 4) is 0 Å². The van der Waals surface area contributed by atoms with Crippen molar-refractivity contribution in [1.82, 2.24) is 10.2 Å². The van der Waals surface area contributed by atoms with Crippen LogP contribution >= 0.6 is 0 Å². The van der Waals surface area contributed by atoms with Gasteiger partial charge in [-0.25, -0.2) is 0 Å². The van der Waals surface area contributed by atoms with Crippen LogP contribution in [0.3, 0.4) is 0 Å². The molecule has 0 saturated carbocycles. The Morgan fingerprint density at radius 2 is 1.85 bits per heavy atom. The van der Waals surface area contributed by atoms with Gasteiger partial charge in [-0.05, 0) is 30.2 Å². The third kappa shape index (κ3) is 4.66. The highest BCUT2D eigenvalue weighted by atomic mass is 16.6. The maximum absolute atomic E-state index is 12.7. The first-order valence-electron chi connectivity index (χ1n) is 8.14. The number of rotatable bonds is 6. The van der Waals surface area contributed by atoms with Crippen LogP contribution < -0.4 is 5.32 Å². The Hall–Kier alpha value is -3.22. The molecule has 2 amide bonds. The summed E-state index contributed by atoms with van der Waals surface area (Å²) in [6.07, 6.45) is 0. The number of hydrogen-bond acceptors (Lipinski definition) is 4. The highest BCUT2D eigenvalue weighted by Crippen LogP contribution is 2.24. The lowest BCUT2D eigenvalue weighted by Crippen LogP contribution is -2.29. The summed E-state index contributed by atoms with van der Waals surface area (Å²) in [6.45, 7) is 3.67. The van der Waals surface area contributed by atoms with Crippen LogP contribution in [-0.4, -0.2) is 28.7 Å². The third-order valence-corrected chi connectivity index (χ3v) is 4.21. The minimum atomic E-state index is -0.453. The first-order chi connectivity index (χ1) is 12.3. The van der Waals surface area contributed by atoms with Gasteiger partial charge in [-0.1, -0.05) is 24.3 Å². The third-order valence-electron chi connectivity index (χ3n) is 4.21. The lowest BCUT2D eigenvalue weighted by atomic mass is 10.0. The van der Waals surface area contributed by atoms with E-state index in [0.717, 1.165) is 5.56 Å². The molecule has 136 valence electrons. The SMILES string of the molecule is CC(=O)NCc1ccc(C(=O)N(C)[C@H](C)c2cccc([N+](=O)[O-])c2)cc1. The Labute approximate surface area is 151 Å². The average molecular weight is 355 g/mol. The largest absolute Gasteiger partial charge is 0.352 e. The zero-order chi connectivity index (χ0) is 19.3. The minimum absolute atomic E-state index is 0.00229. The van der Waals surface area contributed by atoms with Gasteiger partial charge in [0.1, 0.15) is 0 Å². The van der Waals surface area contributed by atoms with Crippen LogP contribution in [0.1, 0.15) is 41.4 Å². The monoisotopic (exact) mass is 355 g/mol. The minimum Gasteiger partial charge on any atom is -0.352 e. The summed E-state index contributed by atoms with van der Waals surface area (Å²) in [7, 11) is 1.66. The number of nitrogens with zero attached hydrogens (tertiary/aromatic N) is 2. The number of hydrogen-bond donors (Lipinski definition) is 1. The van der Waals surface area contributed by atoms with Gasteiger partial charge < -0.3 is 10.2 Å². The molecule has 26 heavy (non-hydrogen) atoms. The Bertz CT molecular complexity index is 818. The second-order valence-electron chi connectivity index (χ2n) is 6.05. The normalized spacial score (nSPS) is 11.5. The highest BCUT2D eigenvalue weighted by Gasteiger charge is 2.20. The Morgan fingerprint density at radius 3 is 2.42 bits per heavy atom. The Kier molecular flexibility index (Phi) is 6.06. The molecule has 0 spiro atoms. The van der Waals surface area contributed by atoms with E-state index in [9.17, 15) is 19.7 Å². The fourth-order valence-corrected chi connectivity index (χ4v) is 2.49. The van der Waals surface area contributed by atoms with Gasteiger partial charge in [0, 0.05) is 38.2 Å². The van der Waals surface area contributed by atoms with Gasteiger partial charge in [0.25, 0.3) is 11.6 Å². The molecule has 0 radical (unpaired) electrons. The van der Waals surface area contributed by atoms with E-state index in [1.165, 1.54) is 19.1 Å². The Morgan fingerprint density at radius 1 is 1.19 bits per heavy atom. The predicted molar refractivity (Wildman–Crippen MR) is 97.6 cm³/mol. The van der Waals surface area contributed by atoms with Gasteiger partial charge >= 0.3 is 0 Å². The van der Waals surface area contributed by atoms with Crippen LogP contribution in [-0.2, 0) is 11.3 Å². The number of nitro benzene ring substituents is 1. The van der Waals surface area contributed by atoms with Gasteiger partial charge in [0.2, 0.25) is 5.91 Å². The van der Waals surface area contributed by atoms with Crippen molar-refractivity contribution in [3.05, 3.63) is 75.3 Å². The van der Waals surface area contributed by atoms with Gasteiger partial charge in [0.15, 0.2) is 0 Å². The molecule has 1 atom stereocenters. The van der Waals surface area contributed by atoms with E-state index in [1.807, 2.05) is 6.92 Å². The van der Waals surface area contributed by atoms with Crippen molar-refractivity contribution in [2.75, 3.05) is 7.05 Å². The number of nitrogens with one attached hydrogen (secondary N) is 1. The van der Waals surface area contributed by atoms with Crippen LogP contribution in [0.25, 0.3) is 0 Å². The summed E-state index contributed by atoms with van der Waals surface area (Å²) in [5.41, 5.74) is 2.09. The van der Waals surface area contributed by atoms with E-state index in [2.05, 4.69) is 5.32 Å². The molecule has 0 unspecified atom stereocenters. The van der Waals surface area contributed by atoms with E-state index in [-0.39, 0.29) is 23.5 Å². The standard InChI is InChI=1S/C19H21N3O4/c1-13(17-5-4-6-18(11-17)22(25)26)21(3)19(24)16-9-7-15(8-10-16)12-20-14(2)23/h4-11,13H,12H2,1-3H3,(H,20,23)/t13-/m1/s1. The second-order valence-corrected chi connectivity index (χ2v) is 6.05. The maximum atomic E-state index is 12.7. The molecule has 7 heteroatoms. The summed E-state index contributed by atoms with van der Waals surface area (Å²) < 4.78 is 0. The van der Waals surface area contributed by atoms with E-state index in [1.54, 1.807) is 48.3 Å². The fraction of sp³-hybridized carbons (Fsp3) is 0.263. The summed E-state index contributed by atoms with van der Waals surface area (Å²) >= 11 is 0. The van der Waals surface area contributed by atoms with E-state index >= 15 is 0 Å². The quantitative estimate of drug-likeness (QED) is 0.637. The van der Waals surface area contributed by atoms with Crippen LogP contribution in [0.5, 0.6) is 0 Å². The zero-order valence-corrected chi connectivity index (χ0v) is 14.9. The number of carbonyl (C=O) groups is 2. The number of carbonyl (C=O) groups excluding carboxylic acids is 2. The molecular weight excluding hydrogens is 334 g/mol. The first kappa shape index (κ1) is 19.1. The molecule has 2 aromatic rings. The number of amides is 2. The molecule has 0 heterocycles. The predicted octanol–water partition coefficient (Wildman–Crippen LogP) is 3.06.